The molecule has 0 spiro atoms. The summed E-state index contributed by atoms with van der Waals surface area (Å²) in [4.78, 5) is 31.8. The molecule has 5 nitrogen and oxygen atoms in total. The first-order valence-corrected chi connectivity index (χ1v) is 8.46. The van der Waals surface area contributed by atoms with Crippen LogP contribution in [0, 0.1) is 11.7 Å². The Morgan fingerprint density at radius 2 is 2.04 bits per heavy atom. The number of H-pyrrole nitrogens is 1. The van der Waals surface area contributed by atoms with Crippen LogP contribution in [-0.2, 0) is 11.3 Å². The number of hydrogen-bond acceptors (Lipinski definition) is 2. The molecular formula is C19H22FN3O2. The van der Waals surface area contributed by atoms with Crippen molar-refractivity contribution in [2.75, 3.05) is 20.1 Å². The van der Waals surface area contributed by atoms with Gasteiger partial charge in [-0.2, -0.15) is 0 Å². The third kappa shape index (κ3) is 4.07. The molecule has 2 aromatic rings. The number of benzene rings is 1. The lowest BCUT2D eigenvalue weighted by molar-refractivity contribution is -0.136. The molecule has 1 aromatic carbocycles. The van der Waals surface area contributed by atoms with Crippen LogP contribution in [0.4, 0.5) is 4.39 Å². The standard InChI is InChI=1S/C19H22FN3O2/c1-22(13-17-5-2-10-21-17)18(24)15-4-3-11-23(12-15)19(25)14-6-8-16(20)9-7-14/h2,5-10,15,21H,3-4,11-13H2,1H3/t15-/m0/s1. The van der Waals surface area contributed by atoms with Gasteiger partial charge in [0.05, 0.1) is 12.5 Å². The first-order valence-electron chi connectivity index (χ1n) is 8.46. The number of piperidine rings is 1. The number of aromatic amines is 1. The molecule has 0 saturated carbocycles. The SMILES string of the molecule is CN(Cc1ccc[nH]1)C(=O)[C@H]1CCCN(C(=O)c2ccc(F)cc2)C1. The van der Waals surface area contributed by atoms with Crippen LogP contribution in [-0.4, -0.2) is 46.7 Å². The number of rotatable bonds is 4. The van der Waals surface area contributed by atoms with E-state index in [1.54, 1.807) is 16.8 Å². The van der Waals surface area contributed by atoms with Crippen molar-refractivity contribution in [2.24, 2.45) is 5.92 Å². The fourth-order valence-electron chi connectivity index (χ4n) is 3.25. The van der Waals surface area contributed by atoms with Gasteiger partial charge >= 0.3 is 0 Å². The Bertz CT molecular complexity index is 728. The van der Waals surface area contributed by atoms with Gasteiger partial charge in [0, 0.05) is 37.6 Å². The van der Waals surface area contributed by atoms with Crippen LogP contribution < -0.4 is 0 Å². The van der Waals surface area contributed by atoms with E-state index in [4.69, 9.17) is 0 Å². The van der Waals surface area contributed by atoms with E-state index in [9.17, 15) is 14.0 Å². The average Bonchev–Trinajstić information content (AvgIpc) is 3.14. The van der Waals surface area contributed by atoms with Crippen molar-refractivity contribution in [1.29, 1.82) is 0 Å². The second-order valence-electron chi connectivity index (χ2n) is 6.49. The minimum Gasteiger partial charge on any atom is -0.364 e. The van der Waals surface area contributed by atoms with E-state index in [-0.39, 0.29) is 23.5 Å². The number of aromatic nitrogens is 1. The van der Waals surface area contributed by atoms with Crippen LogP contribution in [0.15, 0.2) is 42.6 Å². The fraction of sp³-hybridized carbons (Fsp3) is 0.368. The summed E-state index contributed by atoms with van der Waals surface area (Å²) in [6.45, 7) is 1.55. The summed E-state index contributed by atoms with van der Waals surface area (Å²) in [6.07, 6.45) is 3.40. The molecule has 2 amide bonds. The van der Waals surface area contributed by atoms with Crippen molar-refractivity contribution in [3.8, 4) is 0 Å². The van der Waals surface area contributed by atoms with Gasteiger partial charge in [-0.15, -0.1) is 0 Å². The van der Waals surface area contributed by atoms with Crippen molar-refractivity contribution < 1.29 is 14.0 Å². The Labute approximate surface area is 146 Å². The molecule has 1 fully saturated rings. The smallest absolute Gasteiger partial charge is 0.253 e. The zero-order valence-corrected chi connectivity index (χ0v) is 14.2. The fourth-order valence-corrected chi connectivity index (χ4v) is 3.25. The molecule has 25 heavy (non-hydrogen) atoms. The highest BCUT2D eigenvalue weighted by Crippen LogP contribution is 2.21. The maximum Gasteiger partial charge on any atom is 0.253 e. The number of hydrogen-bond donors (Lipinski definition) is 1. The molecule has 1 aromatic heterocycles. The highest BCUT2D eigenvalue weighted by Gasteiger charge is 2.30. The summed E-state index contributed by atoms with van der Waals surface area (Å²) >= 11 is 0. The summed E-state index contributed by atoms with van der Waals surface area (Å²) < 4.78 is 13.0. The maximum absolute atomic E-state index is 13.0. The third-order valence-corrected chi connectivity index (χ3v) is 4.60. The lowest BCUT2D eigenvalue weighted by Gasteiger charge is -2.34. The van der Waals surface area contributed by atoms with Crippen LogP contribution in [0.25, 0.3) is 0 Å². The predicted molar refractivity (Wildman–Crippen MR) is 92.3 cm³/mol. The molecule has 1 aliphatic heterocycles. The van der Waals surface area contributed by atoms with Crippen molar-refractivity contribution in [3.05, 3.63) is 59.7 Å². The topological polar surface area (TPSA) is 56.4 Å². The van der Waals surface area contributed by atoms with Crippen LogP contribution >= 0.6 is 0 Å². The molecule has 0 unspecified atom stereocenters. The van der Waals surface area contributed by atoms with Crippen LogP contribution in [0.1, 0.15) is 28.9 Å². The Kier molecular flexibility index (Phi) is 5.16. The Balaban J connectivity index is 1.63. The summed E-state index contributed by atoms with van der Waals surface area (Å²) in [5, 5.41) is 0. The molecule has 132 valence electrons. The first kappa shape index (κ1) is 17.2. The number of nitrogens with zero attached hydrogens (tertiary/aromatic N) is 2. The normalized spacial score (nSPS) is 17.4. The highest BCUT2D eigenvalue weighted by molar-refractivity contribution is 5.94. The lowest BCUT2D eigenvalue weighted by atomic mass is 9.96. The number of carbonyl (C=O) groups excluding carboxylic acids is 2. The van der Waals surface area contributed by atoms with Crippen molar-refractivity contribution in [2.45, 2.75) is 19.4 Å². The second kappa shape index (κ2) is 7.51. The highest BCUT2D eigenvalue weighted by atomic mass is 19.1. The minimum absolute atomic E-state index is 0.0474. The summed E-state index contributed by atoms with van der Waals surface area (Å²) in [6, 6.07) is 9.38. The number of nitrogens with one attached hydrogen (secondary N) is 1. The molecule has 6 heteroatoms. The summed E-state index contributed by atoms with van der Waals surface area (Å²) in [5.74, 6) is -0.664. The Morgan fingerprint density at radius 1 is 1.28 bits per heavy atom. The third-order valence-electron chi connectivity index (χ3n) is 4.60. The number of carbonyl (C=O) groups is 2. The Hall–Kier alpha value is -2.63. The van der Waals surface area contributed by atoms with Gasteiger partial charge < -0.3 is 14.8 Å². The molecule has 3 rings (SSSR count). The van der Waals surface area contributed by atoms with Gasteiger partial charge in [-0.1, -0.05) is 0 Å². The van der Waals surface area contributed by atoms with Crippen LogP contribution in [0.2, 0.25) is 0 Å². The predicted octanol–water partition coefficient (Wildman–Crippen LogP) is 2.66. The van der Waals surface area contributed by atoms with Gasteiger partial charge in [0.15, 0.2) is 0 Å². The van der Waals surface area contributed by atoms with E-state index in [0.717, 1.165) is 18.5 Å². The summed E-state index contributed by atoms with van der Waals surface area (Å²) in [7, 11) is 1.78. The quantitative estimate of drug-likeness (QED) is 0.928. The van der Waals surface area contributed by atoms with Gasteiger partial charge in [0.2, 0.25) is 5.91 Å². The van der Waals surface area contributed by atoms with E-state index in [2.05, 4.69) is 4.98 Å². The van der Waals surface area contributed by atoms with E-state index >= 15 is 0 Å². The van der Waals surface area contributed by atoms with E-state index in [0.29, 0.717) is 25.2 Å². The van der Waals surface area contributed by atoms with Crippen LogP contribution in [0.3, 0.4) is 0 Å². The van der Waals surface area contributed by atoms with Gasteiger partial charge in [0.25, 0.3) is 5.91 Å². The zero-order chi connectivity index (χ0) is 17.8. The molecule has 0 aliphatic carbocycles. The molecular weight excluding hydrogens is 321 g/mol. The van der Waals surface area contributed by atoms with Gasteiger partial charge in [0.1, 0.15) is 5.82 Å². The minimum atomic E-state index is -0.366. The van der Waals surface area contributed by atoms with E-state index < -0.39 is 0 Å². The van der Waals surface area contributed by atoms with Gasteiger partial charge in [-0.3, -0.25) is 9.59 Å². The Morgan fingerprint density at radius 3 is 2.72 bits per heavy atom. The zero-order valence-electron chi connectivity index (χ0n) is 14.2. The van der Waals surface area contributed by atoms with Gasteiger partial charge in [-0.25, -0.2) is 4.39 Å². The first-order chi connectivity index (χ1) is 12.0. The van der Waals surface area contributed by atoms with Crippen molar-refractivity contribution in [3.63, 3.8) is 0 Å². The lowest BCUT2D eigenvalue weighted by Crippen LogP contribution is -2.45. The van der Waals surface area contributed by atoms with Crippen molar-refractivity contribution >= 4 is 11.8 Å². The van der Waals surface area contributed by atoms with Crippen LogP contribution in [0.5, 0.6) is 0 Å². The number of amides is 2. The molecule has 1 saturated heterocycles. The van der Waals surface area contributed by atoms with E-state index in [1.807, 2.05) is 18.3 Å². The van der Waals surface area contributed by atoms with Gasteiger partial charge in [-0.05, 0) is 49.2 Å². The largest absolute Gasteiger partial charge is 0.364 e. The molecule has 1 N–H and O–H groups in total. The summed E-state index contributed by atoms with van der Waals surface area (Å²) in [5.41, 5.74) is 1.43. The average molecular weight is 343 g/mol. The second-order valence-corrected chi connectivity index (χ2v) is 6.49. The molecule has 1 aliphatic rings. The number of halogens is 1. The van der Waals surface area contributed by atoms with Crippen molar-refractivity contribution in [1.82, 2.24) is 14.8 Å². The monoisotopic (exact) mass is 343 g/mol. The molecule has 0 bridgehead atoms. The molecule has 1 atom stereocenters. The van der Waals surface area contributed by atoms with E-state index in [1.165, 1.54) is 24.3 Å². The maximum atomic E-state index is 13.0. The molecule has 2 heterocycles. The number of likely N-dealkylation sites (tertiary alicyclic amines) is 1. The molecule has 0 radical (unpaired) electrons.